The van der Waals surface area contributed by atoms with Crippen LogP contribution < -0.4 is 18.9 Å². The molecule has 2 aromatic carbocycles. The molecule has 4 rings (SSSR count). The summed E-state index contributed by atoms with van der Waals surface area (Å²) in [6.45, 7) is 13.9. The predicted molar refractivity (Wildman–Crippen MR) is 112 cm³/mol. The van der Waals surface area contributed by atoms with Gasteiger partial charge in [0, 0.05) is 16.9 Å². The quantitative estimate of drug-likeness (QED) is 0.551. The summed E-state index contributed by atoms with van der Waals surface area (Å²) in [4.78, 5) is 0. The number of rotatable bonds is 0. The highest BCUT2D eigenvalue weighted by molar-refractivity contribution is 5.42. The summed E-state index contributed by atoms with van der Waals surface area (Å²) >= 11 is 0. The van der Waals surface area contributed by atoms with Gasteiger partial charge in [0.15, 0.2) is 23.0 Å². The number of para-hydroxylation sites is 2. The third kappa shape index (κ3) is 5.34. The molecule has 5 heteroatoms. The number of hydrogen-bond acceptors (Lipinski definition) is 4. The molecule has 0 aliphatic carbocycles. The first kappa shape index (κ1) is 21.3. The predicted octanol–water partition coefficient (Wildman–Crippen LogP) is 5.88. The summed E-state index contributed by atoms with van der Waals surface area (Å²) < 4.78 is 35.7. The lowest BCUT2D eigenvalue weighted by Crippen LogP contribution is -2.39. The fourth-order valence-electron chi connectivity index (χ4n) is 2.92. The minimum atomic E-state index is -0.299. The van der Waals surface area contributed by atoms with Gasteiger partial charge in [-0.25, -0.2) is 4.39 Å². The zero-order chi connectivity index (χ0) is 21.2. The van der Waals surface area contributed by atoms with E-state index in [2.05, 4.69) is 41.5 Å². The smallest absolute Gasteiger partial charge is 0.164 e. The second-order valence-electron chi connectivity index (χ2n) is 9.60. The number of halogens is 1. The number of ether oxygens (including phenoxy) is 4. The van der Waals surface area contributed by atoms with Crippen LogP contribution in [-0.4, -0.2) is 25.4 Å². The monoisotopic (exact) mass is 402 g/mol. The number of hydrogen-bond donors (Lipinski definition) is 0. The van der Waals surface area contributed by atoms with Gasteiger partial charge in [-0.2, -0.15) is 0 Å². The average molecular weight is 403 g/mol. The third-order valence-electron chi connectivity index (χ3n) is 5.01. The zero-order valence-electron chi connectivity index (χ0n) is 18.1. The standard InChI is InChI=1S/C12H15FO2.C12H16O2/c1-12(2,3)11-7-14-9-5-4-8(13)6-10(9)15-11;1-12(2,3)11-8-13-9-6-4-5-7-10(9)14-11/h4-6,11H,7H2,1-3H3;4-7,11H,8H2,1-3H3. The molecule has 2 unspecified atom stereocenters. The van der Waals surface area contributed by atoms with Gasteiger partial charge in [-0.05, 0) is 24.3 Å². The van der Waals surface area contributed by atoms with E-state index in [9.17, 15) is 4.39 Å². The maximum absolute atomic E-state index is 13.0. The fourth-order valence-corrected chi connectivity index (χ4v) is 2.92. The molecule has 0 N–H and O–H groups in total. The molecule has 158 valence electrons. The molecular weight excluding hydrogens is 371 g/mol. The van der Waals surface area contributed by atoms with Gasteiger partial charge < -0.3 is 18.9 Å². The Morgan fingerprint density at radius 2 is 1.17 bits per heavy atom. The van der Waals surface area contributed by atoms with Crippen molar-refractivity contribution in [1.29, 1.82) is 0 Å². The molecule has 0 amide bonds. The summed E-state index contributed by atoms with van der Waals surface area (Å²) in [6.07, 6.45) is 0.101. The lowest BCUT2D eigenvalue weighted by Gasteiger charge is -2.34. The largest absolute Gasteiger partial charge is 0.486 e. The highest BCUT2D eigenvalue weighted by Crippen LogP contribution is 2.37. The van der Waals surface area contributed by atoms with Gasteiger partial charge in [-0.1, -0.05) is 53.7 Å². The normalized spacial score (nSPS) is 20.4. The molecule has 0 spiro atoms. The fraction of sp³-hybridized carbons (Fsp3) is 0.500. The van der Waals surface area contributed by atoms with Crippen LogP contribution in [0.15, 0.2) is 42.5 Å². The van der Waals surface area contributed by atoms with Crippen LogP contribution in [0.2, 0.25) is 0 Å². The van der Waals surface area contributed by atoms with E-state index >= 15 is 0 Å². The molecule has 0 aromatic heterocycles. The van der Waals surface area contributed by atoms with Crippen molar-refractivity contribution in [1.82, 2.24) is 0 Å². The SMILES string of the molecule is CC(C)(C)C1COc2ccc(F)cc2O1.CC(C)(C)C1COc2ccccc2O1. The average Bonchev–Trinajstić information content (AvgIpc) is 2.66. The van der Waals surface area contributed by atoms with E-state index < -0.39 is 0 Å². The maximum Gasteiger partial charge on any atom is 0.164 e. The molecule has 0 radical (unpaired) electrons. The van der Waals surface area contributed by atoms with Crippen LogP contribution in [0.5, 0.6) is 23.0 Å². The van der Waals surface area contributed by atoms with Crippen LogP contribution in [-0.2, 0) is 0 Å². The minimum absolute atomic E-state index is 0.00991. The van der Waals surface area contributed by atoms with Gasteiger partial charge in [0.2, 0.25) is 0 Å². The van der Waals surface area contributed by atoms with E-state index in [4.69, 9.17) is 18.9 Å². The van der Waals surface area contributed by atoms with Crippen LogP contribution in [0, 0.1) is 16.6 Å². The van der Waals surface area contributed by atoms with Crippen molar-refractivity contribution in [3.05, 3.63) is 48.3 Å². The van der Waals surface area contributed by atoms with Gasteiger partial charge in [-0.3, -0.25) is 0 Å². The molecule has 2 aliphatic heterocycles. The van der Waals surface area contributed by atoms with Crippen LogP contribution >= 0.6 is 0 Å². The van der Waals surface area contributed by atoms with Gasteiger partial charge in [0.25, 0.3) is 0 Å². The van der Waals surface area contributed by atoms with E-state index in [-0.39, 0.29) is 28.9 Å². The molecule has 4 nitrogen and oxygen atoms in total. The van der Waals surface area contributed by atoms with Gasteiger partial charge in [0.1, 0.15) is 31.2 Å². The summed E-state index contributed by atoms with van der Waals surface area (Å²) in [7, 11) is 0. The Kier molecular flexibility index (Phi) is 5.97. The summed E-state index contributed by atoms with van der Waals surface area (Å²) in [5, 5.41) is 0. The lowest BCUT2D eigenvalue weighted by atomic mass is 9.89. The first-order chi connectivity index (χ1) is 13.5. The van der Waals surface area contributed by atoms with E-state index in [0.717, 1.165) is 11.5 Å². The Balaban J connectivity index is 0.000000166. The van der Waals surface area contributed by atoms with Gasteiger partial charge in [-0.15, -0.1) is 0 Å². The van der Waals surface area contributed by atoms with E-state index in [1.54, 1.807) is 6.07 Å². The number of fused-ring (bicyclic) bond motifs is 2. The van der Waals surface area contributed by atoms with Crippen LogP contribution in [0.4, 0.5) is 4.39 Å². The molecular formula is C24H31FO4. The van der Waals surface area contributed by atoms with E-state index in [1.165, 1.54) is 12.1 Å². The molecule has 29 heavy (non-hydrogen) atoms. The Bertz CT molecular complexity index is 836. The first-order valence-corrected chi connectivity index (χ1v) is 10.0. The molecule has 0 bridgehead atoms. The topological polar surface area (TPSA) is 36.9 Å². The van der Waals surface area contributed by atoms with Crippen molar-refractivity contribution >= 4 is 0 Å². The molecule has 2 aromatic rings. The Morgan fingerprint density at radius 3 is 1.72 bits per heavy atom. The van der Waals surface area contributed by atoms with E-state index in [0.29, 0.717) is 24.7 Å². The van der Waals surface area contributed by atoms with Crippen molar-refractivity contribution in [2.75, 3.05) is 13.2 Å². The molecule has 2 aliphatic rings. The van der Waals surface area contributed by atoms with E-state index in [1.807, 2.05) is 24.3 Å². The van der Waals surface area contributed by atoms with Crippen molar-refractivity contribution < 1.29 is 23.3 Å². The van der Waals surface area contributed by atoms with Crippen molar-refractivity contribution in [2.45, 2.75) is 53.8 Å². The molecule has 0 fully saturated rings. The molecule has 0 saturated carbocycles. The van der Waals surface area contributed by atoms with Crippen molar-refractivity contribution in [2.24, 2.45) is 10.8 Å². The van der Waals surface area contributed by atoms with Crippen molar-refractivity contribution in [3.8, 4) is 23.0 Å². The Hall–Kier alpha value is -2.43. The third-order valence-corrected chi connectivity index (χ3v) is 5.01. The Labute approximate surface area is 172 Å². The molecule has 0 saturated heterocycles. The molecule has 2 atom stereocenters. The van der Waals surface area contributed by atoms with Gasteiger partial charge in [0.05, 0.1) is 0 Å². The van der Waals surface area contributed by atoms with Crippen LogP contribution in [0.25, 0.3) is 0 Å². The van der Waals surface area contributed by atoms with Crippen LogP contribution in [0.3, 0.4) is 0 Å². The molecule has 2 heterocycles. The zero-order valence-corrected chi connectivity index (χ0v) is 18.1. The van der Waals surface area contributed by atoms with Crippen molar-refractivity contribution in [3.63, 3.8) is 0 Å². The lowest BCUT2D eigenvalue weighted by molar-refractivity contribution is 0.0160. The summed E-state index contributed by atoms with van der Waals surface area (Å²) in [5.41, 5.74) is 0.109. The second-order valence-corrected chi connectivity index (χ2v) is 9.60. The number of benzene rings is 2. The highest BCUT2D eigenvalue weighted by Gasteiger charge is 2.32. The second kappa shape index (κ2) is 8.13. The minimum Gasteiger partial charge on any atom is -0.486 e. The maximum atomic E-state index is 13.0. The van der Waals surface area contributed by atoms with Gasteiger partial charge >= 0.3 is 0 Å². The Morgan fingerprint density at radius 1 is 0.690 bits per heavy atom. The first-order valence-electron chi connectivity index (χ1n) is 10.0. The van der Waals surface area contributed by atoms with Crippen LogP contribution in [0.1, 0.15) is 41.5 Å². The highest BCUT2D eigenvalue weighted by atomic mass is 19.1. The summed E-state index contributed by atoms with van der Waals surface area (Å²) in [6, 6.07) is 12.2. The summed E-state index contributed by atoms with van der Waals surface area (Å²) in [5.74, 6) is 2.54.